The summed E-state index contributed by atoms with van der Waals surface area (Å²) < 4.78 is 39.8. The van der Waals surface area contributed by atoms with Crippen LogP contribution in [0.4, 0.5) is 4.79 Å². The van der Waals surface area contributed by atoms with Gasteiger partial charge in [0.25, 0.3) is 0 Å². The average molecular weight is 426 g/mol. The standard InChI is InChI=1S/C10H20N2O3.C7H15NO3S.CH4/c1-10(2,3)15-9(13)12-4-5-14-8(6-11)7-12;1-12(9,10)8-6-7-4-2-3-5-11-7;/h8H,4-7,11H2,1-3H3;7-8H,2-6H2,1H3;1H4/t8-;7-;/m10./s1. The van der Waals surface area contributed by atoms with E-state index in [4.69, 9.17) is 19.9 Å². The largest absolute Gasteiger partial charge is 0.444 e. The van der Waals surface area contributed by atoms with Crippen LogP contribution in [0.2, 0.25) is 0 Å². The summed E-state index contributed by atoms with van der Waals surface area (Å²) in [5.41, 5.74) is 5.04. The second kappa shape index (κ2) is 12.6. The number of hydrogen-bond donors (Lipinski definition) is 2. The fourth-order valence-corrected chi connectivity index (χ4v) is 3.06. The zero-order valence-electron chi connectivity index (χ0n) is 16.9. The van der Waals surface area contributed by atoms with E-state index in [1.54, 1.807) is 4.90 Å². The molecule has 0 aliphatic carbocycles. The van der Waals surface area contributed by atoms with Crippen LogP contribution in [0, 0.1) is 0 Å². The van der Waals surface area contributed by atoms with Crippen molar-refractivity contribution in [1.82, 2.24) is 9.62 Å². The van der Waals surface area contributed by atoms with Crippen molar-refractivity contribution < 1.29 is 27.4 Å². The lowest BCUT2D eigenvalue weighted by atomic mass is 10.1. The van der Waals surface area contributed by atoms with E-state index in [1.165, 1.54) is 0 Å². The zero-order valence-corrected chi connectivity index (χ0v) is 17.7. The highest BCUT2D eigenvalue weighted by Crippen LogP contribution is 2.13. The number of nitrogens with zero attached hydrogens (tertiary/aromatic N) is 1. The van der Waals surface area contributed by atoms with E-state index < -0.39 is 15.6 Å². The normalized spacial score (nSPS) is 23.1. The van der Waals surface area contributed by atoms with Gasteiger partial charge >= 0.3 is 6.09 Å². The number of carbonyl (C=O) groups excluding carboxylic acids is 1. The van der Waals surface area contributed by atoms with Gasteiger partial charge in [-0.3, -0.25) is 0 Å². The van der Waals surface area contributed by atoms with Gasteiger partial charge in [-0.1, -0.05) is 7.43 Å². The molecule has 28 heavy (non-hydrogen) atoms. The maximum atomic E-state index is 11.7. The van der Waals surface area contributed by atoms with Gasteiger partial charge in [-0.15, -0.1) is 0 Å². The first-order valence-corrected chi connectivity index (χ1v) is 11.2. The van der Waals surface area contributed by atoms with Crippen molar-refractivity contribution in [2.24, 2.45) is 5.73 Å². The fourth-order valence-electron chi connectivity index (χ4n) is 2.57. The molecule has 0 unspecified atom stereocenters. The Bertz CT molecular complexity index is 544. The van der Waals surface area contributed by atoms with Crippen molar-refractivity contribution >= 4 is 16.1 Å². The summed E-state index contributed by atoms with van der Waals surface area (Å²) in [7, 11) is -3.05. The van der Waals surface area contributed by atoms with Crippen molar-refractivity contribution in [3.05, 3.63) is 0 Å². The van der Waals surface area contributed by atoms with E-state index >= 15 is 0 Å². The minimum atomic E-state index is -3.05. The third kappa shape index (κ3) is 12.5. The molecule has 2 aliphatic rings. The van der Waals surface area contributed by atoms with Crippen LogP contribution in [-0.4, -0.2) is 82.9 Å². The van der Waals surface area contributed by atoms with E-state index in [9.17, 15) is 13.2 Å². The minimum absolute atomic E-state index is 0. The molecule has 9 nitrogen and oxygen atoms in total. The first-order chi connectivity index (χ1) is 12.5. The summed E-state index contributed by atoms with van der Waals surface area (Å²) >= 11 is 0. The van der Waals surface area contributed by atoms with Gasteiger partial charge in [-0.2, -0.15) is 0 Å². The highest BCUT2D eigenvalue weighted by molar-refractivity contribution is 7.88. The molecule has 2 heterocycles. The van der Waals surface area contributed by atoms with E-state index in [0.29, 0.717) is 32.8 Å². The Morgan fingerprint density at radius 1 is 1.21 bits per heavy atom. The molecule has 3 N–H and O–H groups in total. The van der Waals surface area contributed by atoms with Gasteiger partial charge in [-0.25, -0.2) is 17.9 Å². The molecule has 2 atom stereocenters. The van der Waals surface area contributed by atoms with Gasteiger partial charge in [0.2, 0.25) is 10.0 Å². The number of amides is 1. The highest BCUT2D eigenvalue weighted by atomic mass is 32.2. The molecule has 168 valence electrons. The Labute approximate surface area is 170 Å². The summed E-state index contributed by atoms with van der Waals surface area (Å²) in [6, 6.07) is 0. The second-order valence-corrected chi connectivity index (χ2v) is 9.60. The molecule has 2 rings (SSSR count). The predicted molar refractivity (Wildman–Crippen MR) is 110 cm³/mol. The molecule has 0 spiro atoms. The van der Waals surface area contributed by atoms with Crippen LogP contribution >= 0.6 is 0 Å². The number of ether oxygens (including phenoxy) is 3. The van der Waals surface area contributed by atoms with E-state index in [1.807, 2.05) is 20.8 Å². The smallest absolute Gasteiger partial charge is 0.410 e. The van der Waals surface area contributed by atoms with Gasteiger partial charge in [0.15, 0.2) is 0 Å². The summed E-state index contributed by atoms with van der Waals surface area (Å²) in [6.45, 7) is 8.79. The molecular weight excluding hydrogens is 386 g/mol. The topological polar surface area (TPSA) is 120 Å². The van der Waals surface area contributed by atoms with Crippen molar-refractivity contribution in [3.8, 4) is 0 Å². The van der Waals surface area contributed by atoms with E-state index in [2.05, 4.69) is 4.72 Å². The average Bonchev–Trinajstić information content (AvgIpc) is 2.59. The van der Waals surface area contributed by atoms with Crippen LogP contribution in [0.1, 0.15) is 47.5 Å². The molecule has 0 saturated carbocycles. The first kappa shape index (κ1) is 27.1. The Hall–Kier alpha value is -0.940. The maximum absolute atomic E-state index is 11.7. The minimum Gasteiger partial charge on any atom is -0.444 e. The van der Waals surface area contributed by atoms with Crippen LogP contribution in [-0.2, 0) is 24.2 Å². The number of morpholine rings is 1. The van der Waals surface area contributed by atoms with Crippen molar-refractivity contribution in [3.63, 3.8) is 0 Å². The fraction of sp³-hybridized carbons (Fsp3) is 0.944. The molecule has 2 aliphatic heterocycles. The number of nitrogens with one attached hydrogen (secondary N) is 1. The lowest BCUT2D eigenvalue weighted by Gasteiger charge is -2.33. The van der Waals surface area contributed by atoms with Gasteiger partial charge in [0, 0.05) is 26.2 Å². The first-order valence-electron chi connectivity index (χ1n) is 9.36. The molecule has 2 saturated heterocycles. The monoisotopic (exact) mass is 425 g/mol. The highest BCUT2D eigenvalue weighted by Gasteiger charge is 2.27. The molecular formula is C18H39N3O6S. The van der Waals surface area contributed by atoms with Crippen molar-refractivity contribution in [1.29, 1.82) is 0 Å². The Morgan fingerprint density at radius 3 is 2.36 bits per heavy atom. The Morgan fingerprint density at radius 2 is 1.86 bits per heavy atom. The lowest BCUT2D eigenvalue weighted by Crippen LogP contribution is -2.49. The predicted octanol–water partition coefficient (Wildman–Crippen LogP) is 1.32. The van der Waals surface area contributed by atoms with Crippen molar-refractivity contribution in [2.45, 2.75) is 65.3 Å². The molecule has 0 aromatic heterocycles. The summed E-state index contributed by atoms with van der Waals surface area (Å²) in [6.07, 6.45) is 4.08. The molecule has 0 aromatic rings. The molecule has 1 amide bonds. The van der Waals surface area contributed by atoms with Crippen LogP contribution in [0.3, 0.4) is 0 Å². The molecule has 2 fully saturated rings. The van der Waals surface area contributed by atoms with Crippen LogP contribution < -0.4 is 10.5 Å². The quantitative estimate of drug-likeness (QED) is 0.697. The van der Waals surface area contributed by atoms with Gasteiger partial charge in [0.1, 0.15) is 5.60 Å². The van der Waals surface area contributed by atoms with E-state index in [0.717, 1.165) is 32.1 Å². The molecule has 10 heteroatoms. The van der Waals surface area contributed by atoms with Crippen LogP contribution in [0.25, 0.3) is 0 Å². The van der Waals surface area contributed by atoms with Gasteiger partial charge in [-0.05, 0) is 40.0 Å². The molecule has 0 aromatic carbocycles. The maximum Gasteiger partial charge on any atom is 0.410 e. The van der Waals surface area contributed by atoms with E-state index in [-0.39, 0.29) is 25.7 Å². The number of rotatable bonds is 4. The lowest BCUT2D eigenvalue weighted by molar-refractivity contribution is -0.0384. The number of sulfonamides is 1. The van der Waals surface area contributed by atoms with Crippen LogP contribution in [0.5, 0.6) is 0 Å². The van der Waals surface area contributed by atoms with Crippen molar-refractivity contribution in [2.75, 3.05) is 45.6 Å². The SMILES string of the molecule is C.CC(C)(C)OC(=O)N1CCO[C@H](CN)C1.CS(=O)(=O)NC[C@@H]1CCCCO1. The molecule has 0 bridgehead atoms. The zero-order chi connectivity index (χ0) is 20.5. The molecule has 0 radical (unpaired) electrons. The number of carbonyl (C=O) groups is 1. The van der Waals surface area contributed by atoms with Crippen LogP contribution in [0.15, 0.2) is 0 Å². The Kier molecular flexibility index (Phi) is 12.2. The van der Waals surface area contributed by atoms with Gasteiger partial charge in [0.05, 0.1) is 31.6 Å². The number of nitrogens with two attached hydrogens (primary N) is 1. The summed E-state index contributed by atoms with van der Waals surface area (Å²) in [4.78, 5) is 13.3. The Balaban J connectivity index is 0.000000514. The van der Waals surface area contributed by atoms with Gasteiger partial charge < -0.3 is 24.8 Å². The second-order valence-electron chi connectivity index (χ2n) is 7.76. The summed E-state index contributed by atoms with van der Waals surface area (Å²) in [5.74, 6) is 0. The third-order valence-corrected chi connectivity index (χ3v) is 4.59. The number of hydrogen-bond acceptors (Lipinski definition) is 7. The summed E-state index contributed by atoms with van der Waals surface area (Å²) in [5, 5.41) is 0. The third-order valence-electron chi connectivity index (χ3n) is 3.90.